The smallest absolute Gasteiger partial charge is 0.277 e. The fourth-order valence-corrected chi connectivity index (χ4v) is 1.97. The summed E-state index contributed by atoms with van der Waals surface area (Å²) < 4.78 is 0. The Morgan fingerprint density at radius 1 is 1.22 bits per heavy atom. The van der Waals surface area contributed by atoms with Crippen LogP contribution in [0.4, 0.5) is 5.95 Å². The number of nitriles is 1. The number of H-pyrrole nitrogens is 2. The molecular formula is C10H11N7O. The van der Waals surface area contributed by atoms with E-state index in [9.17, 15) is 4.79 Å². The van der Waals surface area contributed by atoms with Gasteiger partial charge in [-0.25, -0.2) is 0 Å². The van der Waals surface area contributed by atoms with Crippen molar-refractivity contribution in [2.45, 2.75) is 0 Å². The second-order valence-electron chi connectivity index (χ2n) is 4.02. The number of hydrogen-bond donors (Lipinski definition) is 3. The lowest BCUT2D eigenvalue weighted by Gasteiger charge is -2.26. The highest BCUT2D eigenvalue weighted by molar-refractivity contribution is 5.72. The van der Waals surface area contributed by atoms with Gasteiger partial charge >= 0.3 is 0 Å². The van der Waals surface area contributed by atoms with Gasteiger partial charge in [0.15, 0.2) is 11.2 Å². The van der Waals surface area contributed by atoms with Gasteiger partial charge in [-0.05, 0) is 0 Å². The summed E-state index contributed by atoms with van der Waals surface area (Å²) in [6, 6.07) is 1.80. The fourth-order valence-electron chi connectivity index (χ4n) is 1.97. The van der Waals surface area contributed by atoms with Crippen molar-refractivity contribution in [2.24, 2.45) is 0 Å². The molecule has 1 aliphatic heterocycles. The molecule has 92 valence electrons. The van der Waals surface area contributed by atoms with Crippen LogP contribution >= 0.6 is 0 Å². The average molecular weight is 245 g/mol. The first-order valence-electron chi connectivity index (χ1n) is 5.64. The van der Waals surface area contributed by atoms with E-state index in [4.69, 9.17) is 5.26 Å². The predicted octanol–water partition coefficient (Wildman–Crippen LogP) is -1.07. The average Bonchev–Trinajstić information content (AvgIpc) is 2.84. The maximum absolute atomic E-state index is 11.7. The van der Waals surface area contributed by atoms with Crippen molar-refractivity contribution in [3.8, 4) is 6.07 Å². The van der Waals surface area contributed by atoms with Crippen molar-refractivity contribution in [2.75, 3.05) is 31.1 Å². The Morgan fingerprint density at radius 3 is 2.72 bits per heavy atom. The highest BCUT2D eigenvalue weighted by Gasteiger charge is 2.16. The predicted molar refractivity (Wildman–Crippen MR) is 64.3 cm³/mol. The van der Waals surface area contributed by atoms with Gasteiger partial charge in [-0.1, -0.05) is 0 Å². The molecular weight excluding hydrogens is 234 g/mol. The van der Waals surface area contributed by atoms with Crippen molar-refractivity contribution >= 4 is 17.1 Å². The third-order valence-corrected chi connectivity index (χ3v) is 2.87. The Balaban J connectivity index is 2.08. The second-order valence-corrected chi connectivity index (χ2v) is 4.02. The Morgan fingerprint density at radius 2 is 2.00 bits per heavy atom. The molecule has 0 bridgehead atoms. The first-order chi connectivity index (χ1) is 8.78. The van der Waals surface area contributed by atoms with E-state index in [0.29, 0.717) is 11.5 Å². The van der Waals surface area contributed by atoms with Gasteiger partial charge < -0.3 is 15.2 Å². The van der Waals surface area contributed by atoms with Crippen LogP contribution in [0.3, 0.4) is 0 Å². The van der Waals surface area contributed by atoms with Crippen molar-refractivity contribution in [3.63, 3.8) is 0 Å². The molecule has 0 aromatic carbocycles. The van der Waals surface area contributed by atoms with Crippen LogP contribution < -0.4 is 15.8 Å². The highest BCUT2D eigenvalue weighted by atomic mass is 16.1. The number of rotatable bonds is 1. The molecule has 2 aromatic rings. The first kappa shape index (κ1) is 10.7. The van der Waals surface area contributed by atoms with Gasteiger partial charge in [-0.15, -0.1) is 0 Å². The van der Waals surface area contributed by atoms with E-state index < -0.39 is 0 Å². The number of imidazole rings is 1. The van der Waals surface area contributed by atoms with E-state index in [1.54, 1.807) is 6.07 Å². The lowest BCUT2D eigenvalue weighted by molar-refractivity contribution is 0.582. The Kier molecular flexibility index (Phi) is 2.46. The number of nitrogens with zero attached hydrogens (tertiary/aromatic N) is 4. The summed E-state index contributed by atoms with van der Waals surface area (Å²) in [6.07, 6.45) is 0. The third kappa shape index (κ3) is 1.70. The molecule has 0 radical (unpaired) electrons. The molecule has 0 unspecified atom stereocenters. The SMILES string of the molecule is N#Cc1nc2nc(N3CCNCC3)[nH]c2c(=O)[nH]1. The summed E-state index contributed by atoms with van der Waals surface area (Å²) in [5, 5.41) is 12.0. The van der Waals surface area contributed by atoms with E-state index in [-0.39, 0.29) is 17.0 Å². The summed E-state index contributed by atoms with van der Waals surface area (Å²) >= 11 is 0. The molecule has 1 aliphatic rings. The largest absolute Gasteiger partial charge is 0.340 e. The number of fused-ring (bicyclic) bond motifs is 1. The van der Waals surface area contributed by atoms with E-state index in [0.717, 1.165) is 26.2 Å². The molecule has 1 saturated heterocycles. The standard InChI is InChI=1S/C10H11N7O/c11-5-6-13-8-7(9(18)14-6)15-10(16-8)17-3-1-12-2-4-17/h12H,1-4H2,(H2,13,14,15,16,18). The molecule has 0 aliphatic carbocycles. The lowest BCUT2D eigenvalue weighted by atomic mass is 10.4. The van der Waals surface area contributed by atoms with Crippen LogP contribution in [0.2, 0.25) is 0 Å². The molecule has 0 spiro atoms. The molecule has 0 amide bonds. The van der Waals surface area contributed by atoms with Gasteiger partial charge in [0.1, 0.15) is 6.07 Å². The topological polar surface area (TPSA) is 113 Å². The van der Waals surface area contributed by atoms with Crippen molar-refractivity contribution in [1.82, 2.24) is 25.3 Å². The van der Waals surface area contributed by atoms with E-state index >= 15 is 0 Å². The summed E-state index contributed by atoms with van der Waals surface area (Å²) in [5.41, 5.74) is 0.219. The monoisotopic (exact) mass is 245 g/mol. The summed E-state index contributed by atoms with van der Waals surface area (Å²) in [7, 11) is 0. The minimum atomic E-state index is -0.370. The van der Waals surface area contributed by atoms with Gasteiger partial charge in [0.05, 0.1) is 0 Å². The van der Waals surface area contributed by atoms with Gasteiger partial charge in [0.2, 0.25) is 11.8 Å². The minimum absolute atomic E-state index is 0.0224. The zero-order chi connectivity index (χ0) is 12.5. The summed E-state index contributed by atoms with van der Waals surface area (Å²) in [5.74, 6) is 0.602. The normalized spacial score (nSPS) is 15.8. The Labute approximate surface area is 102 Å². The van der Waals surface area contributed by atoms with Crippen LogP contribution in [-0.4, -0.2) is 46.1 Å². The first-order valence-corrected chi connectivity index (χ1v) is 5.64. The minimum Gasteiger partial charge on any atom is -0.340 e. The maximum atomic E-state index is 11.7. The zero-order valence-electron chi connectivity index (χ0n) is 9.53. The number of aromatic nitrogens is 4. The fraction of sp³-hybridized carbons (Fsp3) is 0.400. The van der Waals surface area contributed by atoms with Crippen molar-refractivity contribution in [3.05, 3.63) is 16.2 Å². The number of piperazine rings is 1. The molecule has 3 rings (SSSR count). The van der Waals surface area contributed by atoms with Gasteiger partial charge in [0.25, 0.3) is 5.56 Å². The molecule has 0 saturated carbocycles. The molecule has 8 heteroatoms. The van der Waals surface area contributed by atoms with Gasteiger partial charge in [0, 0.05) is 26.2 Å². The second kappa shape index (κ2) is 4.12. The molecule has 2 aromatic heterocycles. The Bertz CT molecular complexity index is 674. The van der Waals surface area contributed by atoms with Crippen LogP contribution in [0, 0.1) is 11.3 Å². The number of aromatic amines is 2. The van der Waals surface area contributed by atoms with Crippen LogP contribution in [0.1, 0.15) is 5.82 Å². The number of hydrogen-bond acceptors (Lipinski definition) is 6. The number of anilines is 1. The maximum Gasteiger partial charge on any atom is 0.277 e. The number of nitrogens with one attached hydrogen (secondary N) is 3. The van der Waals surface area contributed by atoms with Crippen LogP contribution in [0.5, 0.6) is 0 Å². The van der Waals surface area contributed by atoms with E-state index in [1.807, 2.05) is 4.90 Å². The van der Waals surface area contributed by atoms with Crippen molar-refractivity contribution < 1.29 is 0 Å². The molecule has 8 nitrogen and oxygen atoms in total. The molecule has 3 heterocycles. The highest BCUT2D eigenvalue weighted by Crippen LogP contribution is 2.13. The molecule has 0 atom stereocenters. The summed E-state index contributed by atoms with van der Waals surface area (Å²) in [4.78, 5) is 27.3. The van der Waals surface area contributed by atoms with Gasteiger partial charge in [-0.2, -0.15) is 15.2 Å². The quantitative estimate of drug-likeness (QED) is 0.589. The zero-order valence-corrected chi connectivity index (χ0v) is 9.53. The Hall–Kier alpha value is -2.40. The molecule has 18 heavy (non-hydrogen) atoms. The van der Waals surface area contributed by atoms with Crippen LogP contribution in [0.15, 0.2) is 4.79 Å². The van der Waals surface area contributed by atoms with Crippen LogP contribution in [-0.2, 0) is 0 Å². The molecule has 1 fully saturated rings. The molecule has 3 N–H and O–H groups in total. The van der Waals surface area contributed by atoms with Gasteiger partial charge in [-0.3, -0.25) is 9.78 Å². The third-order valence-electron chi connectivity index (χ3n) is 2.87. The van der Waals surface area contributed by atoms with E-state index in [2.05, 4.69) is 25.3 Å². The van der Waals surface area contributed by atoms with Crippen molar-refractivity contribution in [1.29, 1.82) is 5.26 Å². The lowest BCUT2D eigenvalue weighted by Crippen LogP contribution is -2.44. The summed E-state index contributed by atoms with van der Waals surface area (Å²) in [6.45, 7) is 3.40. The van der Waals surface area contributed by atoms with Crippen LogP contribution in [0.25, 0.3) is 11.2 Å². The van der Waals surface area contributed by atoms with E-state index in [1.165, 1.54) is 0 Å².